The van der Waals surface area contributed by atoms with Gasteiger partial charge in [-0.3, -0.25) is 4.79 Å². The first kappa shape index (κ1) is 14.2. The highest BCUT2D eigenvalue weighted by Gasteiger charge is 2.27. The zero-order chi connectivity index (χ0) is 13.9. The van der Waals surface area contributed by atoms with Gasteiger partial charge in [-0.25, -0.2) is 9.78 Å². The second-order valence-corrected chi connectivity index (χ2v) is 4.74. The summed E-state index contributed by atoms with van der Waals surface area (Å²) >= 11 is 0. The van der Waals surface area contributed by atoms with E-state index in [1.807, 2.05) is 20.8 Å². The highest BCUT2D eigenvalue weighted by molar-refractivity contribution is 5.94. The normalized spacial score (nSPS) is 11.1. The van der Waals surface area contributed by atoms with Crippen LogP contribution in [-0.4, -0.2) is 39.5 Å². The van der Waals surface area contributed by atoms with Crippen LogP contribution in [0.2, 0.25) is 0 Å². The van der Waals surface area contributed by atoms with Gasteiger partial charge in [0.1, 0.15) is 11.4 Å². The number of aromatic carboxylic acids is 1. The van der Waals surface area contributed by atoms with Crippen LogP contribution in [0.3, 0.4) is 0 Å². The molecule has 1 aromatic heterocycles. The fourth-order valence-corrected chi connectivity index (χ4v) is 1.36. The van der Waals surface area contributed by atoms with Crippen molar-refractivity contribution in [2.24, 2.45) is 0 Å². The number of rotatable bonds is 4. The molecule has 0 atom stereocenters. The maximum absolute atomic E-state index is 12.2. The molecule has 0 saturated carbocycles. The Morgan fingerprint density at radius 2 is 1.89 bits per heavy atom. The molecule has 1 aromatic rings. The molecule has 0 radical (unpaired) electrons. The predicted molar refractivity (Wildman–Crippen MR) is 67.7 cm³/mol. The Morgan fingerprint density at radius 3 is 2.39 bits per heavy atom. The first-order chi connectivity index (χ1) is 8.29. The van der Waals surface area contributed by atoms with E-state index in [1.165, 1.54) is 18.2 Å². The third-order valence-corrected chi connectivity index (χ3v) is 3.27. The van der Waals surface area contributed by atoms with E-state index < -0.39 is 5.97 Å². The highest BCUT2D eigenvalue weighted by atomic mass is 16.4. The topological polar surface area (TPSA) is 70.5 Å². The Kier molecular flexibility index (Phi) is 4.06. The Hall–Kier alpha value is -1.91. The van der Waals surface area contributed by atoms with Gasteiger partial charge in [0.25, 0.3) is 5.91 Å². The molecule has 98 valence electrons. The summed E-state index contributed by atoms with van der Waals surface area (Å²) in [7, 11) is 1.70. The van der Waals surface area contributed by atoms with E-state index in [9.17, 15) is 9.59 Å². The summed E-state index contributed by atoms with van der Waals surface area (Å²) in [6, 6.07) is 4.41. The van der Waals surface area contributed by atoms with Crippen LogP contribution in [0.1, 0.15) is 48.2 Å². The number of nitrogens with zero attached hydrogens (tertiary/aromatic N) is 2. The fourth-order valence-electron chi connectivity index (χ4n) is 1.36. The van der Waals surface area contributed by atoms with Gasteiger partial charge in [0.15, 0.2) is 0 Å². The zero-order valence-electron chi connectivity index (χ0n) is 11.1. The molecule has 18 heavy (non-hydrogen) atoms. The molecule has 0 aliphatic rings. The molecule has 5 nitrogen and oxygen atoms in total. The van der Waals surface area contributed by atoms with Crippen molar-refractivity contribution in [1.29, 1.82) is 0 Å². The molecule has 1 heterocycles. The van der Waals surface area contributed by atoms with Crippen molar-refractivity contribution in [3.05, 3.63) is 29.6 Å². The van der Waals surface area contributed by atoms with E-state index in [0.717, 1.165) is 6.42 Å². The Bertz CT molecular complexity index is 469. The van der Waals surface area contributed by atoms with Gasteiger partial charge in [-0.15, -0.1) is 0 Å². The highest BCUT2D eigenvalue weighted by Crippen LogP contribution is 2.18. The van der Waals surface area contributed by atoms with Gasteiger partial charge >= 0.3 is 5.97 Å². The Balaban J connectivity index is 3.04. The van der Waals surface area contributed by atoms with Gasteiger partial charge in [0.05, 0.1) is 0 Å². The Morgan fingerprint density at radius 1 is 1.33 bits per heavy atom. The second kappa shape index (κ2) is 5.16. The maximum atomic E-state index is 12.2. The smallest absolute Gasteiger partial charge is 0.354 e. The van der Waals surface area contributed by atoms with Crippen molar-refractivity contribution in [2.75, 3.05) is 7.05 Å². The van der Waals surface area contributed by atoms with Gasteiger partial charge in [0.2, 0.25) is 0 Å². The SMILES string of the molecule is CCC(C)(C)N(C)C(=O)c1cccc(C(=O)O)n1. The van der Waals surface area contributed by atoms with Crippen molar-refractivity contribution in [1.82, 2.24) is 9.88 Å². The number of carboxylic acids is 1. The molecule has 0 spiro atoms. The molecule has 0 aliphatic heterocycles. The number of hydrogen-bond acceptors (Lipinski definition) is 3. The first-order valence-electron chi connectivity index (χ1n) is 5.78. The van der Waals surface area contributed by atoms with Crippen LogP contribution < -0.4 is 0 Å². The van der Waals surface area contributed by atoms with Crippen molar-refractivity contribution < 1.29 is 14.7 Å². The van der Waals surface area contributed by atoms with Crippen molar-refractivity contribution in [2.45, 2.75) is 32.7 Å². The van der Waals surface area contributed by atoms with Crippen LogP contribution in [0.4, 0.5) is 0 Å². The molecule has 1 rings (SSSR count). The number of carbonyl (C=O) groups excluding carboxylic acids is 1. The number of amides is 1. The minimum Gasteiger partial charge on any atom is -0.477 e. The molecule has 0 saturated heterocycles. The molecular weight excluding hydrogens is 232 g/mol. The summed E-state index contributed by atoms with van der Waals surface area (Å²) in [6.07, 6.45) is 0.799. The third kappa shape index (κ3) is 2.85. The van der Waals surface area contributed by atoms with E-state index in [-0.39, 0.29) is 22.8 Å². The van der Waals surface area contributed by atoms with E-state index >= 15 is 0 Å². The monoisotopic (exact) mass is 250 g/mol. The zero-order valence-corrected chi connectivity index (χ0v) is 11.1. The summed E-state index contributed by atoms with van der Waals surface area (Å²) in [5.41, 5.74) is -0.264. The van der Waals surface area contributed by atoms with Crippen LogP contribution in [0.15, 0.2) is 18.2 Å². The van der Waals surface area contributed by atoms with Crippen LogP contribution >= 0.6 is 0 Å². The fraction of sp³-hybridized carbons (Fsp3) is 0.462. The lowest BCUT2D eigenvalue weighted by molar-refractivity contribution is 0.0613. The van der Waals surface area contributed by atoms with Crippen molar-refractivity contribution in [3.8, 4) is 0 Å². The largest absolute Gasteiger partial charge is 0.477 e. The lowest BCUT2D eigenvalue weighted by atomic mass is 9.99. The van der Waals surface area contributed by atoms with Crippen LogP contribution in [0.5, 0.6) is 0 Å². The first-order valence-corrected chi connectivity index (χ1v) is 5.78. The predicted octanol–water partition coefficient (Wildman–Crippen LogP) is 2.04. The molecule has 1 N–H and O–H groups in total. The lowest BCUT2D eigenvalue weighted by Gasteiger charge is -2.34. The summed E-state index contributed by atoms with van der Waals surface area (Å²) in [5, 5.41) is 8.85. The van der Waals surface area contributed by atoms with Crippen molar-refractivity contribution >= 4 is 11.9 Å². The van der Waals surface area contributed by atoms with Crippen molar-refractivity contribution in [3.63, 3.8) is 0 Å². The summed E-state index contributed by atoms with van der Waals surface area (Å²) in [5.74, 6) is -1.41. The van der Waals surface area contributed by atoms with Gasteiger partial charge in [0, 0.05) is 12.6 Å². The Labute approximate surface area is 106 Å². The lowest BCUT2D eigenvalue weighted by Crippen LogP contribution is -2.44. The average Bonchev–Trinajstić information content (AvgIpc) is 2.37. The number of carbonyl (C=O) groups is 2. The molecular formula is C13H18N2O3. The van der Waals surface area contributed by atoms with Gasteiger partial charge in [-0.05, 0) is 32.4 Å². The minimum atomic E-state index is -1.14. The number of pyridine rings is 1. The van der Waals surface area contributed by atoms with Crippen LogP contribution in [0.25, 0.3) is 0 Å². The van der Waals surface area contributed by atoms with E-state index in [2.05, 4.69) is 4.98 Å². The summed E-state index contributed by atoms with van der Waals surface area (Å²) in [4.78, 5) is 28.4. The van der Waals surface area contributed by atoms with Crippen LogP contribution in [-0.2, 0) is 0 Å². The third-order valence-electron chi connectivity index (χ3n) is 3.27. The van der Waals surface area contributed by atoms with E-state index in [0.29, 0.717) is 0 Å². The molecule has 0 unspecified atom stereocenters. The number of carboxylic acid groups (broad SMARTS) is 1. The molecule has 5 heteroatoms. The van der Waals surface area contributed by atoms with E-state index in [1.54, 1.807) is 11.9 Å². The number of aromatic nitrogens is 1. The van der Waals surface area contributed by atoms with Gasteiger partial charge < -0.3 is 10.0 Å². The number of hydrogen-bond donors (Lipinski definition) is 1. The standard InChI is InChI=1S/C13H18N2O3/c1-5-13(2,3)15(4)11(16)9-7-6-8-10(14-9)12(17)18/h6-8H,5H2,1-4H3,(H,17,18). The van der Waals surface area contributed by atoms with E-state index in [4.69, 9.17) is 5.11 Å². The molecule has 0 aliphatic carbocycles. The summed E-state index contributed by atoms with van der Waals surface area (Å²) in [6.45, 7) is 5.89. The minimum absolute atomic E-state index is 0.122. The average molecular weight is 250 g/mol. The maximum Gasteiger partial charge on any atom is 0.354 e. The van der Waals surface area contributed by atoms with Gasteiger partial charge in [-0.1, -0.05) is 13.0 Å². The second-order valence-electron chi connectivity index (χ2n) is 4.74. The van der Waals surface area contributed by atoms with Crippen LogP contribution in [0, 0.1) is 0 Å². The van der Waals surface area contributed by atoms with Gasteiger partial charge in [-0.2, -0.15) is 0 Å². The summed E-state index contributed by atoms with van der Waals surface area (Å²) < 4.78 is 0. The molecule has 0 fully saturated rings. The quantitative estimate of drug-likeness (QED) is 0.887. The molecule has 0 aromatic carbocycles. The molecule has 1 amide bonds. The molecule has 0 bridgehead atoms.